The van der Waals surface area contributed by atoms with Gasteiger partial charge in [-0.1, -0.05) is 17.7 Å². The molecule has 0 bridgehead atoms. The van der Waals surface area contributed by atoms with Gasteiger partial charge in [-0.15, -0.1) is 24.8 Å². The molecule has 122 valence electrons. The lowest BCUT2D eigenvalue weighted by Gasteiger charge is -2.35. The van der Waals surface area contributed by atoms with Crippen molar-refractivity contribution in [2.45, 2.75) is 18.6 Å². The summed E-state index contributed by atoms with van der Waals surface area (Å²) in [7, 11) is 0. The number of nitrogens with one attached hydrogen (secondary N) is 1. The van der Waals surface area contributed by atoms with Gasteiger partial charge in [-0.3, -0.25) is 4.90 Å². The molecule has 2 heterocycles. The zero-order chi connectivity index (χ0) is 13.9. The van der Waals surface area contributed by atoms with Gasteiger partial charge in [0.1, 0.15) is 5.15 Å². The molecule has 1 fully saturated rings. The average Bonchev–Trinajstić information content (AvgIpc) is 2.37. The summed E-state index contributed by atoms with van der Waals surface area (Å²) in [6.45, 7) is 2.52. The summed E-state index contributed by atoms with van der Waals surface area (Å²) < 4.78 is 38.3. The quantitative estimate of drug-likeness (QED) is 0.830. The van der Waals surface area contributed by atoms with Crippen molar-refractivity contribution in [2.75, 3.05) is 26.2 Å². The van der Waals surface area contributed by atoms with E-state index in [2.05, 4.69) is 10.3 Å². The summed E-state index contributed by atoms with van der Waals surface area (Å²) in [5, 5.41) is 3.28. The van der Waals surface area contributed by atoms with Crippen LogP contribution in [0.1, 0.15) is 18.0 Å². The van der Waals surface area contributed by atoms with Crippen molar-refractivity contribution < 1.29 is 13.2 Å². The fraction of sp³-hybridized carbons (Fsp3) is 0.583. The molecular formula is C12H17Cl3F3N3. The Morgan fingerprint density at radius 3 is 2.43 bits per heavy atom. The zero-order valence-corrected chi connectivity index (χ0v) is 13.5. The highest BCUT2D eigenvalue weighted by Gasteiger charge is 2.36. The van der Waals surface area contributed by atoms with Crippen LogP contribution >= 0.6 is 36.4 Å². The first kappa shape index (κ1) is 20.7. The molecule has 0 spiro atoms. The van der Waals surface area contributed by atoms with E-state index in [1.807, 2.05) is 4.90 Å². The van der Waals surface area contributed by atoms with Gasteiger partial charge in [0.15, 0.2) is 0 Å². The summed E-state index contributed by atoms with van der Waals surface area (Å²) in [5.41, 5.74) is 0.448. The summed E-state index contributed by atoms with van der Waals surface area (Å²) >= 11 is 5.95. The van der Waals surface area contributed by atoms with E-state index in [1.165, 1.54) is 6.20 Å². The van der Waals surface area contributed by atoms with Crippen molar-refractivity contribution >= 4 is 36.4 Å². The van der Waals surface area contributed by atoms with Crippen LogP contribution in [-0.2, 0) is 0 Å². The molecule has 9 heteroatoms. The van der Waals surface area contributed by atoms with Crippen LogP contribution in [-0.4, -0.2) is 42.2 Å². The lowest BCUT2D eigenvalue weighted by molar-refractivity contribution is -0.148. The number of halogens is 6. The van der Waals surface area contributed by atoms with Gasteiger partial charge in [-0.2, -0.15) is 13.2 Å². The molecule has 0 saturated carbocycles. The first-order valence-electron chi connectivity index (χ1n) is 6.09. The normalized spacial score (nSPS) is 17.5. The Hall–Kier alpha value is -0.270. The molecule has 1 saturated heterocycles. The molecule has 1 aromatic rings. The number of rotatable bonds is 3. The largest absolute Gasteiger partial charge is 0.390 e. The Balaban J connectivity index is 0.00000200. The topological polar surface area (TPSA) is 28.2 Å². The molecule has 2 rings (SSSR count). The maximum Gasteiger partial charge on any atom is 0.390 e. The van der Waals surface area contributed by atoms with E-state index in [0.717, 1.165) is 0 Å². The minimum atomic E-state index is -4.23. The number of alkyl halides is 3. The molecule has 0 radical (unpaired) electrons. The van der Waals surface area contributed by atoms with Gasteiger partial charge < -0.3 is 5.32 Å². The highest BCUT2D eigenvalue weighted by atomic mass is 35.5. The van der Waals surface area contributed by atoms with E-state index in [9.17, 15) is 13.2 Å². The Bertz CT molecular complexity index is 426. The summed E-state index contributed by atoms with van der Waals surface area (Å²) in [5.74, 6) is 0. The maximum atomic E-state index is 12.8. The van der Waals surface area contributed by atoms with Crippen LogP contribution in [0.4, 0.5) is 13.2 Å². The second-order valence-electron chi connectivity index (χ2n) is 4.50. The molecule has 1 aliphatic heterocycles. The SMILES string of the molecule is Cl.Cl.FC(F)(F)C[C@@H](c1cccnc1Cl)N1CCNCC1. The fourth-order valence-corrected chi connectivity index (χ4v) is 2.54. The first-order valence-corrected chi connectivity index (χ1v) is 6.47. The molecular weight excluding hydrogens is 350 g/mol. The minimum Gasteiger partial charge on any atom is -0.314 e. The molecule has 1 aromatic heterocycles. The standard InChI is InChI=1S/C12H15ClF3N3.2ClH/c13-11-9(2-1-3-18-11)10(8-12(14,15)16)19-6-4-17-5-7-19;;/h1-3,10,17H,4-8H2;2*1H/t10-;;/m0../s1. The highest BCUT2D eigenvalue weighted by molar-refractivity contribution is 6.30. The molecule has 1 atom stereocenters. The van der Waals surface area contributed by atoms with E-state index in [4.69, 9.17) is 11.6 Å². The lowest BCUT2D eigenvalue weighted by Crippen LogP contribution is -2.46. The van der Waals surface area contributed by atoms with Crippen molar-refractivity contribution in [2.24, 2.45) is 0 Å². The number of hydrogen-bond donors (Lipinski definition) is 1. The van der Waals surface area contributed by atoms with Crippen LogP contribution in [0.25, 0.3) is 0 Å². The van der Waals surface area contributed by atoms with E-state index < -0.39 is 18.6 Å². The van der Waals surface area contributed by atoms with Crippen molar-refractivity contribution in [1.82, 2.24) is 15.2 Å². The van der Waals surface area contributed by atoms with Gasteiger partial charge in [0.25, 0.3) is 0 Å². The smallest absolute Gasteiger partial charge is 0.314 e. The van der Waals surface area contributed by atoms with Crippen LogP contribution in [0.3, 0.4) is 0 Å². The monoisotopic (exact) mass is 365 g/mol. The Morgan fingerprint density at radius 2 is 1.90 bits per heavy atom. The number of nitrogens with zero attached hydrogens (tertiary/aromatic N) is 2. The highest BCUT2D eigenvalue weighted by Crippen LogP contribution is 2.36. The molecule has 21 heavy (non-hydrogen) atoms. The number of piperazine rings is 1. The summed E-state index contributed by atoms with van der Waals surface area (Å²) in [6.07, 6.45) is -3.65. The Kier molecular flexibility index (Phi) is 8.89. The minimum absolute atomic E-state index is 0. The average molecular weight is 367 g/mol. The van der Waals surface area contributed by atoms with Gasteiger partial charge in [0.2, 0.25) is 0 Å². The Morgan fingerprint density at radius 1 is 1.29 bits per heavy atom. The van der Waals surface area contributed by atoms with Crippen LogP contribution in [0.2, 0.25) is 5.15 Å². The molecule has 0 aliphatic carbocycles. The lowest BCUT2D eigenvalue weighted by atomic mass is 10.0. The molecule has 0 amide bonds. The summed E-state index contributed by atoms with van der Waals surface area (Å²) in [6, 6.07) is 2.48. The Labute approximate surface area is 139 Å². The van der Waals surface area contributed by atoms with Crippen molar-refractivity contribution in [1.29, 1.82) is 0 Å². The van der Waals surface area contributed by atoms with E-state index >= 15 is 0 Å². The third-order valence-electron chi connectivity index (χ3n) is 3.16. The van der Waals surface area contributed by atoms with Crippen LogP contribution in [0.15, 0.2) is 18.3 Å². The number of hydrogen-bond acceptors (Lipinski definition) is 3. The predicted octanol–water partition coefficient (Wildman–Crippen LogP) is 3.48. The van der Waals surface area contributed by atoms with Crippen LogP contribution in [0, 0.1) is 0 Å². The van der Waals surface area contributed by atoms with Crippen molar-refractivity contribution in [3.05, 3.63) is 29.0 Å². The first-order chi connectivity index (χ1) is 8.97. The molecule has 1 aliphatic rings. The van der Waals surface area contributed by atoms with Crippen LogP contribution in [0.5, 0.6) is 0 Å². The number of aromatic nitrogens is 1. The predicted molar refractivity (Wildman–Crippen MR) is 81.6 cm³/mol. The fourth-order valence-electron chi connectivity index (χ4n) is 2.30. The second-order valence-corrected chi connectivity index (χ2v) is 4.86. The van der Waals surface area contributed by atoms with Crippen LogP contribution < -0.4 is 5.32 Å². The van der Waals surface area contributed by atoms with Gasteiger partial charge in [0, 0.05) is 44.0 Å². The number of pyridine rings is 1. The molecule has 3 nitrogen and oxygen atoms in total. The maximum absolute atomic E-state index is 12.8. The molecule has 1 N–H and O–H groups in total. The summed E-state index contributed by atoms with van der Waals surface area (Å²) in [4.78, 5) is 5.69. The van der Waals surface area contributed by atoms with Gasteiger partial charge in [-0.05, 0) is 6.07 Å². The van der Waals surface area contributed by atoms with E-state index in [1.54, 1.807) is 12.1 Å². The van der Waals surface area contributed by atoms with E-state index in [-0.39, 0.29) is 30.0 Å². The third kappa shape index (κ3) is 6.16. The molecule has 0 aromatic carbocycles. The zero-order valence-electron chi connectivity index (χ0n) is 11.1. The van der Waals surface area contributed by atoms with Crippen molar-refractivity contribution in [3.8, 4) is 0 Å². The molecule has 0 unspecified atom stereocenters. The van der Waals surface area contributed by atoms with Gasteiger partial charge >= 0.3 is 6.18 Å². The van der Waals surface area contributed by atoms with Crippen molar-refractivity contribution in [3.63, 3.8) is 0 Å². The van der Waals surface area contributed by atoms with Gasteiger partial charge in [-0.25, -0.2) is 4.98 Å². The van der Waals surface area contributed by atoms with Gasteiger partial charge in [0.05, 0.1) is 6.42 Å². The third-order valence-corrected chi connectivity index (χ3v) is 3.48. The second kappa shape index (κ2) is 9.00. The van der Waals surface area contributed by atoms with E-state index in [0.29, 0.717) is 31.7 Å².